The van der Waals surface area contributed by atoms with E-state index in [1.54, 1.807) is 26.0 Å². The molecule has 7 heteroatoms. The van der Waals surface area contributed by atoms with E-state index >= 15 is 0 Å². The summed E-state index contributed by atoms with van der Waals surface area (Å²) in [6.07, 6.45) is -0.127. The third-order valence-electron chi connectivity index (χ3n) is 4.37. The second-order valence-electron chi connectivity index (χ2n) is 6.44. The molecule has 1 N–H and O–H groups in total. The molecule has 0 aromatic heterocycles. The summed E-state index contributed by atoms with van der Waals surface area (Å²) in [6, 6.07) is 11.4. The molecule has 0 spiro atoms. The smallest absolute Gasteiger partial charge is 0.339 e. The van der Waals surface area contributed by atoms with Crippen LogP contribution >= 0.6 is 0 Å². The van der Waals surface area contributed by atoms with Gasteiger partial charge in [-0.05, 0) is 43.5 Å². The molecule has 0 fully saturated rings. The molecule has 1 atom stereocenters. The first-order chi connectivity index (χ1) is 13.2. The van der Waals surface area contributed by atoms with E-state index in [4.69, 9.17) is 4.74 Å². The average Bonchev–Trinajstić information content (AvgIpc) is 2.67. The lowest BCUT2D eigenvalue weighted by molar-refractivity contribution is 0.0318. The van der Waals surface area contributed by atoms with Crippen LogP contribution in [0.3, 0.4) is 0 Å². The number of Topliss-reactive ketones (excluding diaryl/α,β-unsaturated/α-hetero) is 1. The maximum atomic E-state index is 12.6. The fourth-order valence-corrected chi connectivity index (χ4v) is 3.75. The molecule has 0 aliphatic carbocycles. The molecule has 28 heavy (non-hydrogen) atoms. The first kappa shape index (κ1) is 21.8. The number of aryl methyl sites for hydroxylation is 2. The van der Waals surface area contributed by atoms with Crippen LogP contribution in [0.1, 0.15) is 52.6 Å². The highest BCUT2D eigenvalue weighted by atomic mass is 32.2. The maximum absolute atomic E-state index is 12.6. The number of nitrogens with one attached hydrogen (secondary N) is 1. The summed E-state index contributed by atoms with van der Waals surface area (Å²) in [5.74, 6) is -1.05. The van der Waals surface area contributed by atoms with Crippen molar-refractivity contribution >= 4 is 21.8 Å². The van der Waals surface area contributed by atoms with Gasteiger partial charge in [-0.2, -0.15) is 0 Å². The highest BCUT2D eigenvalue weighted by Crippen LogP contribution is 2.18. The minimum absolute atomic E-state index is 0.0268. The molecule has 0 amide bonds. The number of hydrogen-bond donors (Lipinski definition) is 1. The number of ketones is 1. The molecule has 0 saturated heterocycles. The van der Waals surface area contributed by atoms with Crippen molar-refractivity contribution in [1.29, 1.82) is 0 Å². The first-order valence-electron chi connectivity index (χ1n) is 9.14. The summed E-state index contributed by atoms with van der Waals surface area (Å²) in [5.41, 5.74) is 2.24. The van der Waals surface area contributed by atoms with Crippen molar-refractivity contribution in [3.8, 4) is 0 Å². The van der Waals surface area contributed by atoms with Gasteiger partial charge < -0.3 is 4.74 Å². The topological polar surface area (TPSA) is 89.5 Å². The van der Waals surface area contributed by atoms with Crippen molar-refractivity contribution in [3.05, 3.63) is 64.7 Å². The fraction of sp³-hybridized carbons (Fsp3) is 0.333. The maximum Gasteiger partial charge on any atom is 0.339 e. The van der Waals surface area contributed by atoms with E-state index in [9.17, 15) is 18.0 Å². The third-order valence-corrected chi connectivity index (χ3v) is 5.92. The van der Waals surface area contributed by atoms with Gasteiger partial charge in [0.05, 0.1) is 10.5 Å². The Labute approximate surface area is 166 Å². The normalized spacial score (nSPS) is 12.4. The van der Waals surface area contributed by atoms with Gasteiger partial charge in [-0.3, -0.25) is 4.79 Å². The van der Waals surface area contributed by atoms with Crippen molar-refractivity contribution in [2.24, 2.45) is 0 Å². The van der Waals surface area contributed by atoms with Crippen LogP contribution in [0.4, 0.5) is 0 Å². The number of hydrogen-bond acceptors (Lipinski definition) is 5. The number of benzene rings is 2. The van der Waals surface area contributed by atoms with Gasteiger partial charge in [0.15, 0.2) is 6.10 Å². The number of carbonyl (C=O) groups is 2. The summed E-state index contributed by atoms with van der Waals surface area (Å²) < 4.78 is 32.0. The number of sulfonamides is 1. The van der Waals surface area contributed by atoms with E-state index < -0.39 is 22.1 Å². The van der Waals surface area contributed by atoms with Gasteiger partial charge in [-0.25, -0.2) is 17.9 Å². The Bertz CT molecular complexity index is 965. The van der Waals surface area contributed by atoms with Crippen molar-refractivity contribution in [2.45, 2.75) is 45.1 Å². The molecule has 0 saturated carbocycles. The fourth-order valence-electron chi connectivity index (χ4n) is 2.68. The third kappa shape index (κ3) is 5.05. The van der Waals surface area contributed by atoms with Gasteiger partial charge in [-0.1, -0.05) is 44.2 Å². The van der Waals surface area contributed by atoms with Crippen molar-refractivity contribution < 1.29 is 22.7 Å². The van der Waals surface area contributed by atoms with Gasteiger partial charge in [0, 0.05) is 12.1 Å². The number of carbonyl (C=O) groups excluding carboxylic acids is 2. The Balaban J connectivity index is 2.20. The van der Waals surface area contributed by atoms with Crippen LogP contribution in [0.15, 0.2) is 47.4 Å². The van der Waals surface area contributed by atoms with Crippen LogP contribution in [-0.4, -0.2) is 32.8 Å². The highest BCUT2D eigenvalue weighted by Gasteiger charge is 2.23. The molecule has 0 aliphatic rings. The SMILES string of the molecule is CCNS(=O)(=O)c1ccc(C)c(C(=O)OC(C)C(=O)c2ccc(CC)cc2)c1. The minimum Gasteiger partial charge on any atom is -0.451 e. The zero-order valence-corrected chi connectivity index (χ0v) is 17.3. The molecule has 6 nitrogen and oxygen atoms in total. The zero-order valence-electron chi connectivity index (χ0n) is 16.5. The molecular weight excluding hydrogens is 378 g/mol. The number of ether oxygens (including phenoxy) is 1. The van der Waals surface area contributed by atoms with Gasteiger partial charge in [0.25, 0.3) is 0 Å². The largest absolute Gasteiger partial charge is 0.451 e. The molecule has 1 unspecified atom stereocenters. The summed E-state index contributed by atoms with van der Waals surface area (Å²) in [7, 11) is -3.70. The molecular formula is C21H25NO5S. The Morgan fingerprint density at radius 3 is 2.29 bits per heavy atom. The molecule has 0 aliphatic heterocycles. The second kappa shape index (κ2) is 9.12. The number of rotatable bonds is 8. The lowest BCUT2D eigenvalue weighted by atomic mass is 10.0. The van der Waals surface area contributed by atoms with Crippen molar-refractivity contribution in [2.75, 3.05) is 6.54 Å². The summed E-state index contributed by atoms with van der Waals surface area (Å²) >= 11 is 0. The van der Waals surface area contributed by atoms with Gasteiger partial charge in [0.2, 0.25) is 15.8 Å². The predicted molar refractivity (Wildman–Crippen MR) is 107 cm³/mol. The highest BCUT2D eigenvalue weighted by molar-refractivity contribution is 7.89. The lowest BCUT2D eigenvalue weighted by Crippen LogP contribution is -2.26. The van der Waals surface area contributed by atoms with Gasteiger partial charge in [-0.15, -0.1) is 0 Å². The van der Waals surface area contributed by atoms with E-state index in [1.165, 1.54) is 25.1 Å². The van der Waals surface area contributed by atoms with Crippen LogP contribution in [-0.2, 0) is 21.2 Å². The molecule has 2 aromatic carbocycles. The van der Waals surface area contributed by atoms with Gasteiger partial charge >= 0.3 is 5.97 Å². The lowest BCUT2D eigenvalue weighted by Gasteiger charge is -2.14. The molecule has 2 aromatic rings. The van der Waals surface area contributed by atoms with Crippen molar-refractivity contribution in [1.82, 2.24) is 4.72 Å². The summed E-state index contributed by atoms with van der Waals surface area (Å²) in [4.78, 5) is 25.1. The second-order valence-corrected chi connectivity index (χ2v) is 8.21. The Morgan fingerprint density at radius 1 is 1.07 bits per heavy atom. The monoisotopic (exact) mass is 403 g/mol. The minimum atomic E-state index is -3.70. The van der Waals surface area contributed by atoms with E-state index in [1.807, 2.05) is 19.1 Å². The van der Waals surface area contributed by atoms with Crippen LogP contribution in [0.2, 0.25) is 0 Å². The Kier molecular flexibility index (Phi) is 7.10. The molecule has 0 radical (unpaired) electrons. The molecule has 2 rings (SSSR count). The van der Waals surface area contributed by atoms with E-state index in [0.717, 1.165) is 12.0 Å². The Morgan fingerprint density at radius 2 is 1.71 bits per heavy atom. The zero-order chi connectivity index (χ0) is 20.9. The Hall–Kier alpha value is -2.51. The van der Waals surface area contributed by atoms with Crippen LogP contribution in [0.25, 0.3) is 0 Å². The van der Waals surface area contributed by atoms with Gasteiger partial charge in [0.1, 0.15) is 0 Å². The van der Waals surface area contributed by atoms with Crippen molar-refractivity contribution in [3.63, 3.8) is 0 Å². The van der Waals surface area contributed by atoms with Crippen LogP contribution in [0.5, 0.6) is 0 Å². The average molecular weight is 404 g/mol. The molecule has 0 heterocycles. The summed E-state index contributed by atoms with van der Waals surface area (Å²) in [6.45, 7) is 7.10. The van der Waals surface area contributed by atoms with E-state index in [2.05, 4.69) is 4.72 Å². The molecule has 0 bridgehead atoms. The van der Waals surface area contributed by atoms with Crippen LogP contribution in [0, 0.1) is 6.92 Å². The van der Waals surface area contributed by atoms with E-state index in [-0.39, 0.29) is 22.8 Å². The summed E-state index contributed by atoms with van der Waals surface area (Å²) in [5, 5.41) is 0. The van der Waals surface area contributed by atoms with E-state index in [0.29, 0.717) is 11.1 Å². The quantitative estimate of drug-likeness (QED) is 0.540. The van der Waals surface area contributed by atoms with Crippen LogP contribution < -0.4 is 4.72 Å². The molecule has 150 valence electrons. The first-order valence-corrected chi connectivity index (χ1v) is 10.6. The number of esters is 1. The standard InChI is InChI=1S/C21H25NO5S/c1-5-16-8-10-17(11-9-16)20(23)15(4)27-21(24)19-13-18(12-7-14(19)3)28(25,26)22-6-2/h7-13,15,22H,5-6H2,1-4H3. The predicted octanol–water partition coefficient (Wildman–Crippen LogP) is 3.28.